The van der Waals surface area contributed by atoms with Gasteiger partial charge in [0.1, 0.15) is 5.75 Å². The molecule has 1 aliphatic heterocycles. The minimum atomic E-state index is 0.220. The Morgan fingerprint density at radius 1 is 1.11 bits per heavy atom. The zero-order valence-corrected chi connectivity index (χ0v) is 11.8. The van der Waals surface area contributed by atoms with E-state index in [9.17, 15) is 5.11 Å². The van der Waals surface area contributed by atoms with Crippen molar-refractivity contribution in [3.63, 3.8) is 0 Å². The van der Waals surface area contributed by atoms with Crippen LogP contribution in [0.4, 0.5) is 0 Å². The molecule has 0 amide bonds. The summed E-state index contributed by atoms with van der Waals surface area (Å²) in [4.78, 5) is 2.61. The molecule has 1 saturated carbocycles. The first kappa shape index (κ1) is 11.8. The molecule has 19 heavy (non-hydrogen) atoms. The Hall–Kier alpha value is -1.02. The molecular formula is C17H23NO. The molecule has 2 atom stereocenters. The van der Waals surface area contributed by atoms with Gasteiger partial charge in [-0.15, -0.1) is 0 Å². The first-order valence-electron chi connectivity index (χ1n) is 7.72. The van der Waals surface area contributed by atoms with E-state index in [4.69, 9.17) is 0 Å². The molecule has 4 rings (SSSR count). The molecule has 3 aliphatic rings. The molecule has 2 aliphatic carbocycles. The third kappa shape index (κ3) is 1.31. The minimum absolute atomic E-state index is 0.220. The number of benzene rings is 1. The van der Waals surface area contributed by atoms with Gasteiger partial charge in [0.2, 0.25) is 0 Å². The predicted octanol–water partition coefficient (Wildman–Crippen LogP) is 3.43. The Balaban J connectivity index is 1.96. The first-order chi connectivity index (χ1) is 9.18. The number of hydrogen-bond acceptors (Lipinski definition) is 2. The Bertz CT molecular complexity index is 522. The molecule has 0 spiro atoms. The molecule has 102 valence electrons. The van der Waals surface area contributed by atoms with Gasteiger partial charge in [-0.2, -0.15) is 0 Å². The van der Waals surface area contributed by atoms with E-state index in [1.807, 2.05) is 6.07 Å². The van der Waals surface area contributed by atoms with Gasteiger partial charge in [0.25, 0.3) is 0 Å². The van der Waals surface area contributed by atoms with E-state index < -0.39 is 0 Å². The van der Waals surface area contributed by atoms with Gasteiger partial charge in [-0.05, 0) is 74.4 Å². The van der Waals surface area contributed by atoms with E-state index >= 15 is 0 Å². The monoisotopic (exact) mass is 257 g/mol. The largest absolute Gasteiger partial charge is 0.508 e. The quantitative estimate of drug-likeness (QED) is 0.769. The summed E-state index contributed by atoms with van der Waals surface area (Å²) in [5, 5.41) is 9.94. The summed E-state index contributed by atoms with van der Waals surface area (Å²) in [5.74, 6) is 0.438. The first-order valence-corrected chi connectivity index (χ1v) is 7.72. The van der Waals surface area contributed by atoms with Crippen LogP contribution in [0.1, 0.15) is 49.7 Å². The van der Waals surface area contributed by atoms with Crippen LogP contribution in [0.15, 0.2) is 18.2 Å². The van der Waals surface area contributed by atoms with E-state index in [0.717, 1.165) is 0 Å². The fourth-order valence-electron chi connectivity index (χ4n) is 5.51. The number of nitrogens with zero attached hydrogens (tertiary/aromatic N) is 1. The molecule has 0 aromatic heterocycles. The number of phenolic OH excluding ortho intramolecular Hbond substituents is 1. The van der Waals surface area contributed by atoms with Crippen molar-refractivity contribution < 1.29 is 5.11 Å². The van der Waals surface area contributed by atoms with Gasteiger partial charge in [0.15, 0.2) is 0 Å². The van der Waals surface area contributed by atoms with E-state index in [1.165, 1.54) is 62.6 Å². The van der Waals surface area contributed by atoms with Gasteiger partial charge < -0.3 is 5.11 Å². The average Bonchev–Trinajstić information content (AvgIpc) is 2.71. The van der Waals surface area contributed by atoms with Gasteiger partial charge in [0.05, 0.1) is 5.54 Å². The van der Waals surface area contributed by atoms with Crippen LogP contribution in [0.2, 0.25) is 0 Å². The highest BCUT2D eigenvalue weighted by Gasteiger charge is 2.61. The minimum Gasteiger partial charge on any atom is -0.508 e. The molecule has 1 heterocycles. The van der Waals surface area contributed by atoms with Crippen LogP contribution in [-0.2, 0) is 12.0 Å². The number of aromatic hydroxyl groups is 1. The zero-order valence-electron chi connectivity index (χ0n) is 11.8. The lowest BCUT2D eigenvalue weighted by atomic mass is 9.57. The zero-order chi connectivity index (χ0) is 13.1. The van der Waals surface area contributed by atoms with Crippen LogP contribution in [0, 0.1) is 5.41 Å². The molecule has 0 radical (unpaired) electrons. The van der Waals surface area contributed by atoms with Crippen molar-refractivity contribution in [2.24, 2.45) is 5.41 Å². The topological polar surface area (TPSA) is 23.5 Å². The van der Waals surface area contributed by atoms with Crippen molar-refractivity contribution in [1.82, 2.24) is 4.90 Å². The van der Waals surface area contributed by atoms with Crippen molar-refractivity contribution in [1.29, 1.82) is 0 Å². The summed E-state index contributed by atoms with van der Waals surface area (Å²) in [7, 11) is 2.30. The number of fused-ring (bicyclic) bond motifs is 1. The lowest BCUT2D eigenvalue weighted by Gasteiger charge is -2.58. The van der Waals surface area contributed by atoms with Crippen LogP contribution in [0.3, 0.4) is 0 Å². The van der Waals surface area contributed by atoms with Crippen molar-refractivity contribution in [2.45, 2.75) is 50.5 Å². The molecule has 2 unspecified atom stereocenters. The van der Waals surface area contributed by atoms with Crippen LogP contribution in [0.5, 0.6) is 5.75 Å². The molecule has 1 aromatic carbocycles. The molecule has 2 fully saturated rings. The Morgan fingerprint density at radius 2 is 1.89 bits per heavy atom. The third-order valence-corrected chi connectivity index (χ3v) is 6.19. The smallest absolute Gasteiger partial charge is 0.115 e. The van der Waals surface area contributed by atoms with Crippen LogP contribution >= 0.6 is 0 Å². The maximum Gasteiger partial charge on any atom is 0.115 e. The maximum absolute atomic E-state index is 9.94. The summed E-state index contributed by atoms with van der Waals surface area (Å²) >= 11 is 0. The highest BCUT2D eigenvalue weighted by Crippen LogP contribution is 2.64. The highest BCUT2D eigenvalue weighted by molar-refractivity contribution is 5.47. The lowest BCUT2D eigenvalue weighted by Crippen LogP contribution is -2.58. The van der Waals surface area contributed by atoms with Crippen molar-refractivity contribution in [3.8, 4) is 5.75 Å². The van der Waals surface area contributed by atoms with E-state index in [1.54, 1.807) is 0 Å². The van der Waals surface area contributed by atoms with Crippen molar-refractivity contribution in [2.75, 3.05) is 13.6 Å². The molecule has 2 heteroatoms. The molecule has 2 nitrogen and oxygen atoms in total. The average molecular weight is 257 g/mol. The summed E-state index contributed by atoms with van der Waals surface area (Å²) in [6, 6.07) is 6.10. The predicted molar refractivity (Wildman–Crippen MR) is 76.3 cm³/mol. The summed E-state index contributed by atoms with van der Waals surface area (Å²) < 4.78 is 0. The Kier molecular flexibility index (Phi) is 2.33. The standard InChI is InChI=1S/C17H23NO/c1-18-10-4-8-16-7-2-3-9-17(16,18)15-11-14(19)6-5-13(15)12-16/h5-6,11,19H,2-4,7-10,12H2,1H3. The van der Waals surface area contributed by atoms with Crippen LogP contribution in [0.25, 0.3) is 0 Å². The molecule has 1 saturated heterocycles. The second-order valence-corrected chi connectivity index (χ2v) is 6.89. The fourth-order valence-corrected chi connectivity index (χ4v) is 5.51. The molecular weight excluding hydrogens is 234 g/mol. The normalized spacial score (nSPS) is 37.5. The lowest BCUT2D eigenvalue weighted by molar-refractivity contribution is -0.0847. The van der Waals surface area contributed by atoms with E-state index in [2.05, 4.69) is 24.1 Å². The van der Waals surface area contributed by atoms with Gasteiger partial charge in [-0.1, -0.05) is 18.9 Å². The van der Waals surface area contributed by atoms with Crippen LogP contribution in [-0.4, -0.2) is 23.6 Å². The molecule has 1 N–H and O–H groups in total. The number of likely N-dealkylation sites (tertiary alicyclic amines) is 1. The SMILES string of the molecule is CN1CCCC23CCCCC12c1cc(O)ccc1C3. The van der Waals surface area contributed by atoms with Gasteiger partial charge in [-0.3, -0.25) is 4.90 Å². The van der Waals surface area contributed by atoms with Crippen molar-refractivity contribution in [3.05, 3.63) is 29.3 Å². The van der Waals surface area contributed by atoms with Crippen molar-refractivity contribution >= 4 is 0 Å². The Morgan fingerprint density at radius 3 is 2.79 bits per heavy atom. The maximum atomic E-state index is 9.94. The van der Waals surface area contributed by atoms with Crippen LogP contribution < -0.4 is 0 Å². The van der Waals surface area contributed by atoms with Gasteiger partial charge >= 0.3 is 0 Å². The number of hydrogen-bond donors (Lipinski definition) is 1. The number of piperidine rings is 1. The van der Waals surface area contributed by atoms with Gasteiger partial charge in [-0.25, -0.2) is 0 Å². The summed E-state index contributed by atoms with van der Waals surface area (Å²) in [6.07, 6.45) is 9.29. The third-order valence-electron chi connectivity index (χ3n) is 6.19. The number of rotatable bonds is 0. The van der Waals surface area contributed by atoms with E-state index in [0.29, 0.717) is 11.2 Å². The number of phenols is 1. The molecule has 0 bridgehead atoms. The summed E-state index contributed by atoms with van der Waals surface area (Å²) in [5.41, 5.74) is 3.61. The fraction of sp³-hybridized carbons (Fsp3) is 0.647. The van der Waals surface area contributed by atoms with E-state index in [-0.39, 0.29) is 5.54 Å². The second kappa shape index (κ2) is 3.76. The second-order valence-electron chi connectivity index (χ2n) is 6.89. The van der Waals surface area contributed by atoms with Gasteiger partial charge in [0, 0.05) is 0 Å². The molecule has 1 aromatic rings. The highest BCUT2D eigenvalue weighted by atomic mass is 16.3. The Labute approximate surface area is 115 Å². The summed E-state index contributed by atoms with van der Waals surface area (Å²) in [6.45, 7) is 1.21.